The molecule has 0 aliphatic carbocycles. The summed E-state index contributed by atoms with van der Waals surface area (Å²) in [7, 11) is -2.51. The lowest BCUT2D eigenvalue weighted by Crippen LogP contribution is -2.39. The van der Waals surface area contributed by atoms with Crippen molar-refractivity contribution in [3.8, 4) is 23.0 Å². The molecule has 3 aliphatic rings. The van der Waals surface area contributed by atoms with Gasteiger partial charge in [0.2, 0.25) is 6.79 Å². The number of rotatable bonds is 4. The highest BCUT2D eigenvalue weighted by Gasteiger charge is 2.36. The standard InChI is InChI=1S/C27H27NO6S/c1-16-4-5-17(2)26(10-16)35(29,30)34-27-21-14-28-9-8-19-12-24-25(33-15-32-24)13-20(19)22(28)11-18(21)6-7-23(27)31-3/h4-7,10,12-13,22H,8-9,11,14-15H2,1-3H3. The van der Waals surface area contributed by atoms with Crippen molar-refractivity contribution in [1.82, 2.24) is 4.90 Å². The molecule has 182 valence electrons. The molecule has 35 heavy (non-hydrogen) atoms. The predicted octanol–water partition coefficient (Wildman–Crippen LogP) is 4.46. The van der Waals surface area contributed by atoms with E-state index in [0.29, 0.717) is 17.9 Å². The zero-order chi connectivity index (χ0) is 24.3. The monoisotopic (exact) mass is 493 g/mol. The van der Waals surface area contributed by atoms with E-state index in [2.05, 4.69) is 17.0 Å². The molecule has 7 nitrogen and oxygen atoms in total. The molecule has 0 saturated carbocycles. The molecule has 3 heterocycles. The number of benzene rings is 3. The third-order valence-corrected chi connectivity index (χ3v) is 8.59. The van der Waals surface area contributed by atoms with Gasteiger partial charge in [-0.25, -0.2) is 0 Å². The van der Waals surface area contributed by atoms with Crippen molar-refractivity contribution in [2.75, 3.05) is 20.4 Å². The lowest BCUT2D eigenvalue weighted by Gasteiger charge is -2.42. The minimum absolute atomic E-state index is 0.175. The molecule has 1 atom stereocenters. The molecule has 0 spiro atoms. The van der Waals surface area contributed by atoms with Gasteiger partial charge in [-0.1, -0.05) is 18.2 Å². The summed E-state index contributed by atoms with van der Waals surface area (Å²) in [5.74, 6) is 2.29. The topological polar surface area (TPSA) is 74.3 Å². The van der Waals surface area contributed by atoms with Crippen molar-refractivity contribution in [3.05, 3.63) is 75.8 Å². The molecule has 3 aromatic rings. The molecule has 0 amide bonds. The van der Waals surface area contributed by atoms with E-state index in [-0.39, 0.29) is 23.5 Å². The Balaban J connectivity index is 1.39. The van der Waals surface area contributed by atoms with Crippen LogP contribution in [0.2, 0.25) is 0 Å². The van der Waals surface area contributed by atoms with E-state index in [1.165, 1.54) is 18.2 Å². The van der Waals surface area contributed by atoms with Crippen molar-refractivity contribution in [1.29, 1.82) is 0 Å². The van der Waals surface area contributed by atoms with Gasteiger partial charge in [0.15, 0.2) is 23.0 Å². The van der Waals surface area contributed by atoms with Crippen molar-refractivity contribution < 1.29 is 26.8 Å². The number of hydrogen-bond donors (Lipinski definition) is 0. The van der Waals surface area contributed by atoms with Gasteiger partial charge in [-0.05, 0) is 78.8 Å². The maximum atomic E-state index is 13.4. The Morgan fingerprint density at radius 3 is 2.60 bits per heavy atom. The third kappa shape index (κ3) is 3.72. The van der Waals surface area contributed by atoms with E-state index in [1.54, 1.807) is 25.1 Å². The fourth-order valence-corrected chi connectivity index (χ4v) is 6.66. The van der Waals surface area contributed by atoms with Gasteiger partial charge in [-0.3, -0.25) is 4.90 Å². The van der Waals surface area contributed by atoms with E-state index in [9.17, 15) is 8.42 Å². The van der Waals surface area contributed by atoms with Gasteiger partial charge in [-0.2, -0.15) is 8.42 Å². The average molecular weight is 494 g/mol. The van der Waals surface area contributed by atoms with Crippen molar-refractivity contribution in [2.45, 2.75) is 44.2 Å². The van der Waals surface area contributed by atoms with E-state index < -0.39 is 10.1 Å². The van der Waals surface area contributed by atoms with Crippen LogP contribution in [0, 0.1) is 13.8 Å². The summed E-state index contributed by atoms with van der Waals surface area (Å²) in [5.41, 5.74) is 5.94. The Bertz CT molecular complexity index is 1450. The molecule has 0 N–H and O–H groups in total. The lowest BCUT2D eigenvalue weighted by atomic mass is 9.83. The molecule has 0 fully saturated rings. The smallest absolute Gasteiger partial charge is 0.339 e. The normalized spacial score (nSPS) is 18.4. The minimum Gasteiger partial charge on any atom is -0.493 e. The van der Waals surface area contributed by atoms with Crippen LogP contribution in [0.5, 0.6) is 23.0 Å². The van der Waals surface area contributed by atoms with Crippen LogP contribution < -0.4 is 18.4 Å². The Hall–Kier alpha value is -3.23. The average Bonchev–Trinajstić information content (AvgIpc) is 3.30. The lowest BCUT2D eigenvalue weighted by molar-refractivity contribution is 0.159. The Morgan fingerprint density at radius 1 is 1.00 bits per heavy atom. The first-order chi connectivity index (χ1) is 16.8. The molecular formula is C27H27NO6S. The van der Waals surface area contributed by atoms with Crippen molar-refractivity contribution >= 4 is 10.1 Å². The van der Waals surface area contributed by atoms with E-state index in [4.69, 9.17) is 18.4 Å². The number of ether oxygens (including phenoxy) is 3. The largest absolute Gasteiger partial charge is 0.493 e. The zero-order valence-corrected chi connectivity index (χ0v) is 20.8. The number of fused-ring (bicyclic) bond motifs is 5. The first-order valence-corrected chi connectivity index (χ1v) is 13.1. The van der Waals surface area contributed by atoms with Gasteiger partial charge in [0, 0.05) is 24.7 Å². The summed E-state index contributed by atoms with van der Waals surface area (Å²) in [6.45, 7) is 5.32. The zero-order valence-electron chi connectivity index (χ0n) is 20.0. The summed E-state index contributed by atoms with van der Waals surface area (Å²) in [6.07, 6.45) is 1.63. The molecule has 8 heteroatoms. The van der Waals surface area contributed by atoms with Crippen molar-refractivity contribution in [3.63, 3.8) is 0 Å². The van der Waals surface area contributed by atoms with Gasteiger partial charge < -0.3 is 18.4 Å². The van der Waals surface area contributed by atoms with Crippen LogP contribution in [-0.2, 0) is 29.5 Å². The number of methoxy groups -OCH3 is 1. The van der Waals surface area contributed by atoms with Gasteiger partial charge >= 0.3 is 10.1 Å². The fraction of sp³-hybridized carbons (Fsp3) is 0.333. The number of nitrogens with zero attached hydrogens (tertiary/aromatic N) is 1. The molecular weight excluding hydrogens is 466 g/mol. The summed E-state index contributed by atoms with van der Waals surface area (Å²) in [6, 6.07) is 13.5. The van der Waals surface area contributed by atoms with Crippen LogP contribution in [-0.4, -0.2) is 33.8 Å². The van der Waals surface area contributed by atoms with Crippen LogP contribution in [0.4, 0.5) is 0 Å². The van der Waals surface area contributed by atoms with E-state index in [0.717, 1.165) is 47.6 Å². The molecule has 0 bridgehead atoms. The molecule has 3 aromatic carbocycles. The predicted molar refractivity (Wildman–Crippen MR) is 130 cm³/mol. The Kier molecular flexibility index (Phi) is 5.19. The quantitative estimate of drug-likeness (QED) is 0.497. The van der Waals surface area contributed by atoms with Crippen LogP contribution in [0.15, 0.2) is 47.4 Å². The molecule has 0 saturated heterocycles. The molecule has 0 aromatic heterocycles. The molecule has 0 radical (unpaired) electrons. The summed E-state index contributed by atoms with van der Waals surface area (Å²) >= 11 is 0. The van der Waals surface area contributed by atoms with Crippen LogP contribution in [0.25, 0.3) is 0 Å². The fourth-order valence-electron chi connectivity index (χ4n) is 5.38. The summed E-state index contributed by atoms with van der Waals surface area (Å²) in [4.78, 5) is 2.55. The maximum Gasteiger partial charge on any atom is 0.339 e. The third-order valence-electron chi connectivity index (χ3n) is 7.22. The second kappa shape index (κ2) is 8.17. The Morgan fingerprint density at radius 2 is 1.80 bits per heavy atom. The molecule has 1 unspecified atom stereocenters. The van der Waals surface area contributed by atoms with Crippen LogP contribution >= 0.6 is 0 Å². The summed E-state index contributed by atoms with van der Waals surface area (Å²) in [5, 5.41) is 0. The van der Waals surface area contributed by atoms with Crippen molar-refractivity contribution in [2.24, 2.45) is 0 Å². The van der Waals surface area contributed by atoms with Gasteiger partial charge in [-0.15, -0.1) is 0 Å². The van der Waals surface area contributed by atoms with Gasteiger partial charge in [0.1, 0.15) is 4.90 Å². The highest BCUT2D eigenvalue weighted by molar-refractivity contribution is 7.87. The number of aryl methyl sites for hydroxylation is 2. The van der Waals surface area contributed by atoms with E-state index >= 15 is 0 Å². The Labute approximate surface area is 205 Å². The molecule has 3 aliphatic heterocycles. The first-order valence-electron chi connectivity index (χ1n) is 11.7. The van der Waals surface area contributed by atoms with Gasteiger partial charge in [0.05, 0.1) is 7.11 Å². The van der Waals surface area contributed by atoms with Crippen LogP contribution in [0.3, 0.4) is 0 Å². The first kappa shape index (κ1) is 22.2. The van der Waals surface area contributed by atoms with Gasteiger partial charge in [0.25, 0.3) is 0 Å². The highest BCUT2D eigenvalue weighted by atomic mass is 32.2. The second-order valence-corrected chi connectivity index (χ2v) is 10.9. The minimum atomic E-state index is -4.05. The highest BCUT2D eigenvalue weighted by Crippen LogP contribution is 2.47. The maximum absolute atomic E-state index is 13.4. The number of hydrogen-bond acceptors (Lipinski definition) is 7. The van der Waals surface area contributed by atoms with E-state index in [1.807, 2.05) is 19.1 Å². The second-order valence-electron chi connectivity index (χ2n) is 9.39. The SMILES string of the molecule is COc1ccc2c(c1OS(=O)(=O)c1cc(C)ccc1C)CN1CCc3cc4c(cc3C1C2)OCO4. The molecule has 6 rings (SSSR count). The van der Waals surface area contributed by atoms with Crippen LogP contribution in [0.1, 0.15) is 39.4 Å². The summed E-state index contributed by atoms with van der Waals surface area (Å²) < 4.78 is 49.3.